The number of aliphatic hydroxyl groups is 1. The van der Waals surface area contributed by atoms with Crippen LogP contribution < -0.4 is 9.46 Å². The highest BCUT2D eigenvalue weighted by Crippen LogP contribution is 2.15. The fraction of sp³-hybridized carbons (Fsp3) is 0.278. The third-order valence-corrected chi connectivity index (χ3v) is 5.26. The van der Waals surface area contributed by atoms with Gasteiger partial charge in [-0.05, 0) is 55.5 Å². The van der Waals surface area contributed by atoms with Crippen molar-refractivity contribution in [2.75, 3.05) is 13.2 Å². The fourth-order valence-electron chi connectivity index (χ4n) is 2.11. The molecule has 0 saturated carbocycles. The Morgan fingerprint density at radius 3 is 2.32 bits per heavy atom. The van der Waals surface area contributed by atoms with Gasteiger partial charge < -0.3 is 14.6 Å². The van der Waals surface area contributed by atoms with E-state index in [2.05, 4.69) is 4.72 Å². The first kappa shape index (κ1) is 22.1. The average molecular weight is 432 g/mol. The maximum atomic E-state index is 12.8. The lowest BCUT2D eigenvalue weighted by molar-refractivity contribution is -0.149. The summed E-state index contributed by atoms with van der Waals surface area (Å²) in [4.78, 5) is 12.1. The molecule has 0 saturated heterocycles. The van der Waals surface area contributed by atoms with Crippen LogP contribution in [0.3, 0.4) is 0 Å². The van der Waals surface area contributed by atoms with E-state index >= 15 is 0 Å². The topological polar surface area (TPSA) is 102 Å². The van der Waals surface area contributed by atoms with Crippen molar-refractivity contribution >= 4 is 27.6 Å². The Morgan fingerprint density at radius 2 is 1.75 bits per heavy atom. The number of halogens is 2. The Morgan fingerprint density at radius 1 is 1.14 bits per heavy atom. The van der Waals surface area contributed by atoms with Crippen molar-refractivity contribution in [2.45, 2.75) is 24.0 Å². The van der Waals surface area contributed by atoms with Gasteiger partial charge in [0, 0.05) is 5.02 Å². The van der Waals surface area contributed by atoms with Crippen LogP contribution in [0.25, 0.3) is 0 Å². The molecule has 0 aliphatic carbocycles. The zero-order chi connectivity index (χ0) is 20.7. The third kappa shape index (κ3) is 6.45. The largest absolute Gasteiger partial charge is 0.490 e. The molecule has 28 heavy (non-hydrogen) atoms. The molecule has 2 rings (SSSR count). The van der Waals surface area contributed by atoms with Gasteiger partial charge in [0.25, 0.3) is 0 Å². The summed E-state index contributed by atoms with van der Waals surface area (Å²) in [6, 6.07) is 9.07. The lowest BCUT2D eigenvalue weighted by Gasteiger charge is -2.20. The minimum absolute atomic E-state index is 0.0339. The molecule has 0 amide bonds. The smallest absolute Gasteiger partial charge is 0.326 e. The number of carbonyl (C=O) groups excluding carboxylic acids is 1. The van der Waals surface area contributed by atoms with Crippen LogP contribution in [0, 0.1) is 5.82 Å². The zero-order valence-electron chi connectivity index (χ0n) is 14.8. The van der Waals surface area contributed by atoms with E-state index < -0.39 is 34.0 Å². The number of nitrogens with one attached hydrogen (secondary N) is 1. The summed E-state index contributed by atoms with van der Waals surface area (Å²) in [5, 5.41) is 10.1. The lowest BCUT2D eigenvalue weighted by atomic mass is 10.2. The molecule has 0 spiro atoms. The second kappa shape index (κ2) is 9.83. The molecule has 0 aliphatic heterocycles. The van der Waals surface area contributed by atoms with E-state index in [0.717, 1.165) is 0 Å². The van der Waals surface area contributed by atoms with Gasteiger partial charge in [0.15, 0.2) is 0 Å². The van der Waals surface area contributed by atoms with E-state index in [0.29, 0.717) is 10.8 Å². The highest BCUT2D eigenvalue weighted by atomic mass is 35.5. The first-order chi connectivity index (χ1) is 13.2. The Bertz CT molecular complexity index is 887. The molecular weight excluding hydrogens is 413 g/mol. The van der Waals surface area contributed by atoms with Gasteiger partial charge in [0.2, 0.25) is 10.0 Å². The van der Waals surface area contributed by atoms with Gasteiger partial charge in [-0.25, -0.2) is 12.8 Å². The lowest BCUT2D eigenvalue weighted by Crippen LogP contribution is -2.48. The van der Waals surface area contributed by atoms with Crippen LogP contribution in [0.2, 0.25) is 5.02 Å². The summed E-state index contributed by atoms with van der Waals surface area (Å²) in [5.41, 5.74) is 0. The van der Waals surface area contributed by atoms with Crippen molar-refractivity contribution in [3.05, 3.63) is 59.4 Å². The summed E-state index contributed by atoms with van der Waals surface area (Å²) in [6.45, 7) is 1.03. The molecule has 2 aromatic carbocycles. The third-order valence-electron chi connectivity index (χ3n) is 3.55. The Labute approximate surface area is 167 Å². The highest BCUT2D eigenvalue weighted by Gasteiger charge is 2.30. The van der Waals surface area contributed by atoms with Crippen molar-refractivity contribution in [1.82, 2.24) is 4.72 Å². The molecule has 0 fully saturated rings. The molecule has 0 radical (unpaired) electrons. The SMILES string of the molecule is C[C@@H](O)[C@H](NS(=O)(=O)c1ccc(Cl)cc1)C(=O)OCCOc1ccc(F)cc1. The number of benzene rings is 2. The van der Waals surface area contributed by atoms with Gasteiger partial charge in [-0.15, -0.1) is 0 Å². The highest BCUT2D eigenvalue weighted by molar-refractivity contribution is 7.89. The number of ether oxygens (including phenoxy) is 2. The second-order valence-electron chi connectivity index (χ2n) is 5.76. The molecule has 0 aromatic heterocycles. The first-order valence-corrected chi connectivity index (χ1v) is 10.1. The fourth-order valence-corrected chi connectivity index (χ4v) is 3.50. The minimum atomic E-state index is -4.08. The molecule has 0 unspecified atom stereocenters. The molecule has 2 aromatic rings. The number of carbonyl (C=O) groups is 1. The summed E-state index contributed by atoms with van der Waals surface area (Å²) in [5.74, 6) is -0.991. The number of sulfonamides is 1. The monoisotopic (exact) mass is 431 g/mol. The maximum absolute atomic E-state index is 12.8. The van der Waals surface area contributed by atoms with Crippen LogP contribution in [-0.2, 0) is 19.6 Å². The van der Waals surface area contributed by atoms with Gasteiger partial charge in [0.05, 0.1) is 11.0 Å². The number of hydrogen-bond acceptors (Lipinski definition) is 6. The predicted molar refractivity (Wildman–Crippen MR) is 100 cm³/mol. The molecule has 2 atom stereocenters. The Kier molecular flexibility index (Phi) is 7.76. The van der Waals surface area contributed by atoms with E-state index in [-0.39, 0.29) is 18.1 Å². The van der Waals surface area contributed by atoms with Crippen LogP contribution in [0.15, 0.2) is 53.4 Å². The van der Waals surface area contributed by atoms with Crippen LogP contribution in [-0.4, -0.2) is 44.9 Å². The molecule has 2 N–H and O–H groups in total. The van der Waals surface area contributed by atoms with E-state index in [9.17, 15) is 22.7 Å². The van der Waals surface area contributed by atoms with E-state index in [1.807, 2.05) is 0 Å². The molecule has 0 aliphatic rings. The van der Waals surface area contributed by atoms with Gasteiger partial charge >= 0.3 is 5.97 Å². The number of rotatable bonds is 9. The van der Waals surface area contributed by atoms with Crippen molar-refractivity contribution in [2.24, 2.45) is 0 Å². The zero-order valence-corrected chi connectivity index (χ0v) is 16.4. The van der Waals surface area contributed by atoms with E-state index in [1.54, 1.807) is 0 Å². The number of esters is 1. The molecule has 7 nitrogen and oxygen atoms in total. The molecule has 10 heteroatoms. The van der Waals surface area contributed by atoms with Gasteiger partial charge in [-0.1, -0.05) is 11.6 Å². The minimum Gasteiger partial charge on any atom is -0.490 e. The van der Waals surface area contributed by atoms with Crippen molar-refractivity contribution in [1.29, 1.82) is 0 Å². The van der Waals surface area contributed by atoms with E-state index in [1.165, 1.54) is 55.5 Å². The predicted octanol–water partition coefficient (Wildman–Crippen LogP) is 2.13. The summed E-state index contributed by atoms with van der Waals surface area (Å²) in [6.07, 6.45) is -1.34. The van der Waals surface area contributed by atoms with Crippen LogP contribution in [0.1, 0.15) is 6.92 Å². The molecule has 0 heterocycles. The van der Waals surface area contributed by atoms with Gasteiger partial charge in [-0.3, -0.25) is 4.79 Å². The van der Waals surface area contributed by atoms with Gasteiger partial charge in [0.1, 0.15) is 30.8 Å². The standard InChI is InChI=1S/C18H19ClFNO6S/c1-12(22)17(21-28(24,25)16-8-2-13(19)3-9-16)18(23)27-11-10-26-15-6-4-14(20)5-7-15/h2-9,12,17,21-22H,10-11H2,1H3/t12-,17+/m1/s1. The second-order valence-corrected chi connectivity index (χ2v) is 7.91. The van der Waals surface area contributed by atoms with Gasteiger partial charge in [-0.2, -0.15) is 4.72 Å². The molecule has 152 valence electrons. The number of hydrogen-bond donors (Lipinski definition) is 2. The van der Waals surface area contributed by atoms with Crippen LogP contribution >= 0.6 is 11.6 Å². The normalized spacial score (nSPS) is 13.6. The van der Waals surface area contributed by atoms with E-state index in [4.69, 9.17) is 21.1 Å². The maximum Gasteiger partial charge on any atom is 0.326 e. The van der Waals surface area contributed by atoms with Crippen LogP contribution in [0.4, 0.5) is 4.39 Å². The summed E-state index contributed by atoms with van der Waals surface area (Å²) in [7, 11) is -4.08. The first-order valence-electron chi connectivity index (χ1n) is 8.20. The van der Waals surface area contributed by atoms with Crippen molar-refractivity contribution < 1.29 is 32.2 Å². The Balaban J connectivity index is 1.92. The van der Waals surface area contributed by atoms with Crippen molar-refractivity contribution in [3.8, 4) is 5.75 Å². The quantitative estimate of drug-likeness (QED) is 0.466. The summed E-state index contributed by atoms with van der Waals surface area (Å²) >= 11 is 5.73. The molecule has 0 bridgehead atoms. The summed E-state index contributed by atoms with van der Waals surface area (Å²) < 4.78 is 49.9. The Hall–Kier alpha value is -2.20. The average Bonchev–Trinajstić information content (AvgIpc) is 2.64. The van der Waals surface area contributed by atoms with Crippen LogP contribution in [0.5, 0.6) is 5.75 Å². The molecular formula is C18H19ClFNO6S. The number of aliphatic hydroxyl groups excluding tert-OH is 1. The van der Waals surface area contributed by atoms with Crippen molar-refractivity contribution in [3.63, 3.8) is 0 Å².